The van der Waals surface area contributed by atoms with Crippen molar-refractivity contribution in [2.24, 2.45) is 0 Å². The van der Waals surface area contributed by atoms with Gasteiger partial charge in [-0.15, -0.1) is 11.8 Å². The van der Waals surface area contributed by atoms with Crippen molar-refractivity contribution in [3.05, 3.63) is 40.6 Å². The van der Waals surface area contributed by atoms with Gasteiger partial charge in [0.05, 0.1) is 17.1 Å². The maximum absolute atomic E-state index is 13.2. The molecule has 1 heterocycles. The SMILES string of the molecule is O=C1C(SCCO)=C(c2ccc(F)cc2)C(=O)N1C1CCCCCC1. The van der Waals surface area contributed by atoms with Gasteiger partial charge in [-0.25, -0.2) is 4.39 Å². The smallest absolute Gasteiger partial charge is 0.268 e. The van der Waals surface area contributed by atoms with Gasteiger partial charge < -0.3 is 5.11 Å². The molecule has 1 saturated carbocycles. The second-order valence-corrected chi connectivity index (χ2v) is 7.51. The summed E-state index contributed by atoms with van der Waals surface area (Å²) in [7, 11) is 0. The van der Waals surface area contributed by atoms with E-state index in [1.165, 1.54) is 40.9 Å². The lowest BCUT2D eigenvalue weighted by molar-refractivity contribution is -0.139. The Bertz CT molecular complexity index is 678. The van der Waals surface area contributed by atoms with Crippen LogP contribution in [0.15, 0.2) is 29.2 Å². The molecule has 2 amide bonds. The highest BCUT2D eigenvalue weighted by atomic mass is 32.2. The van der Waals surface area contributed by atoms with Gasteiger partial charge in [0.1, 0.15) is 5.82 Å². The Labute approximate surface area is 151 Å². The fraction of sp³-hybridized carbons (Fsp3) is 0.474. The van der Waals surface area contributed by atoms with E-state index in [9.17, 15) is 14.0 Å². The Morgan fingerprint density at radius 1 is 1.04 bits per heavy atom. The number of thioether (sulfide) groups is 1. The molecule has 6 heteroatoms. The van der Waals surface area contributed by atoms with Crippen LogP contribution in [0, 0.1) is 5.82 Å². The number of nitrogens with zero attached hydrogens (tertiary/aromatic N) is 1. The Balaban J connectivity index is 1.95. The predicted molar refractivity (Wildman–Crippen MR) is 96.2 cm³/mol. The average molecular weight is 363 g/mol. The van der Waals surface area contributed by atoms with E-state index in [0.717, 1.165) is 38.5 Å². The molecule has 0 bridgehead atoms. The van der Waals surface area contributed by atoms with Gasteiger partial charge in [0.25, 0.3) is 11.8 Å². The number of amides is 2. The van der Waals surface area contributed by atoms with Gasteiger partial charge in [-0.2, -0.15) is 0 Å². The standard InChI is InChI=1S/C19H22FNO3S/c20-14-9-7-13(8-10-14)16-17(25-12-11-22)19(24)21(18(16)23)15-5-3-1-2-4-6-15/h7-10,15,22H,1-6,11-12H2. The highest BCUT2D eigenvalue weighted by Gasteiger charge is 2.42. The molecule has 0 aromatic heterocycles. The molecule has 0 atom stereocenters. The molecule has 1 aromatic carbocycles. The van der Waals surface area contributed by atoms with E-state index in [0.29, 0.717) is 21.8 Å². The minimum atomic E-state index is -0.383. The summed E-state index contributed by atoms with van der Waals surface area (Å²) in [5.74, 6) is -0.595. The van der Waals surface area contributed by atoms with Crippen molar-refractivity contribution in [3.8, 4) is 0 Å². The molecule has 1 N–H and O–H groups in total. The van der Waals surface area contributed by atoms with Gasteiger partial charge >= 0.3 is 0 Å². The second kappa shape index (κ2) is 8.15. The van der Waals surface area contributed by atoms with Crippen molar-refractivity contribution >= 4 is 29.1 Å². The largest absolute Gasteiger partial charge is 0.396 e. The maximum atomic E-state index is 13.2. The van der Waals surface area contributed by atoms with Crippen LogP contribution in [0.5, 0.6) is 0 Å². The van der Waals surface area contributed by atoms with E-state index < -0.39 is 0 Å². The van der Waals surface area contributed by atoms with E-state index in [1.807, 2.05) is 0 Å². The first-order chi connectivity index (χ1) is 12.1. The molecule has 0 radical (unpaired) electrons. The molecular formula is C19H22FNO3S. The Morgan fingerprint density at radius 2 is 1.68 bits per heavy atom. The first-order valence-electron chi connectivity index (χ1n) is 8.75. The summed E-state index contributed by atoms with van der Waals surface area (Å²) in [6.07, 6.45) is 5.99. The Hall–Kier alpha value is -1.66. The molecule has 3 rings (SSSR count). The second-order valence-electron chi connectivity index (χ2n) is 6.41. The van der Waals surface area contributed by atoms with Gasteiger partial charge in [-0.1, -0.05) is 37.8 Å². The van der Waals surface area contributed by atoms with Gasteiger partial charge in [0.15, 0.2) is 0 Å². The third kappa shape index (κ3) is 3.80. The molecule has 0 saturated heterocycles. The number of imide groups is 1. The van der Waals surface area contributed by atoms with Crippen molar-refractivity contribution in [2.45, 2.75) is 44.6 Å². The summed E-state index contributed by atoms with van der Waals surface area (Å²) in [5.41, 5.74) is 0.893. The van der Waals surface area contributed by atoms with Crippen molar-refractivity contribution in [2.75, 3.05) is 12.4 Å². The quantitative estimate of drug-likeness (QED) is 0.644. The zero-order valence-electron chi connectivity index (χ0n) is 14.0. The summed E-state index contributed by atoms with van der Waals surface area (Å²) in [5, 5.41) is 9.12. The normalized spacial score (nSPS) is 19.7. The van der Waals surface area contributed by atoms with Crippen molar-refractivity contribution in [3.63, 3.8) is 0 Å². The van der Waals surface area contributed by atoms with E-state index in [2.05, 4.69) is 0 Å². The fourth-order valence-corrected chi connectivity index (χ4v) is 4.39. The molecule has 1 aromatic rings. The molecule has 0 unspecified atom stereocenters. The number of benzene rings is 1. The van der Waals surface area contributed by atoms with E-state index in [-0.39, 0.29) is 30.3 Å². The van der Waals surface area contributed by atoms with E-state index in [4.69, 9.17) is 5.11 Å². The van der Waals surface area contributed by atoms with Crippen LogP contribution in [-0.4, -0.2) is 40.2 Å². The monoisotopic (exact) mass is 363 g/mol. The third-order valence-electron chi connectivity index (χ3n) is 4.73. The molecule has 1 aliphatic carbocycles. The zero-order valence-corrected chi connectivity index (χ0v) is 14.9. The molecule has 2 aliphatic rings. The fourth-order valence-electron chi connectivity index (χ4n) is 3.53. The molecule has 25 heavy (non-hydrogen) atoms. The maximum Gasteiger partial charge on any atom is 0.268 e. The molecule has 134 valence electrons. The van der Waals surface area contributed by atoms with Crippen LogP contribution in [0.2, 0.25) is 0 Å². The molecule has 1 fully saturated rings. The van der Waals surface area contributed by atoms with Crippen LogP contribution in [0.4, 0.5) is 4.39 Å². The highest BCUT2D eigenvalue weighted by Crippen LogP contribution is 2.38. The first kappa shape index (κ1) is 18.1. The summed E-state index contributed by atoms with van der Waals surface area (Å²) < 4.78 is 13.2. The summed E-state index contributed by atoms with van der Waals surface area (Å²) in [4.78, 5) is 27.8. The summed E-state index contributed by atoms with van der Waals surface area (Å²) >= 11 is 1.20. The third-order valence-corrected chi connectivity index (χ3v) is 5.79. The minimum absolute atomic E-state index is 0.0647. The van der Waals surface area contributed by atoms with Crippen molar-refractivity contribution in [1.82, 2.24) is 4.90 Å². The van der Waals surface area contributed by atoms with Gasteiger partial charge in [0.2, 0.25) is 0 Å². The number of aliphatic hydroxyl groups excluding tert-OH is 1. The van der Waals surface area contributed by atoms with Gasteiger partial charge in [0, 0.05) is 11.8 Å². The number of carbonyl (C=O) groups excluding carboxylic acids is 2. The average Bonchev–Trinajstić information content (AvgIpc) is 2.78. The lowest BCUT2D eigenvalue weighted by atomic mass is 10.0. The molecule has 0 spiro atoms. The van der Waals surface area contributed by atoms with Crippen molar-refractivity contribution in [1.29, 1.82) is 0 Å². The van der Waals surface area contributed by atoms with Gasteiger partial charge in [-0.05, 0) is 30.5 Å². The number of rotatable bonds is 5. The van der Waals surface area contributed by atoms with Gasteiger partial charge in [-0.3, -0.25) is 14.5 Å². The summed E-state index contributed by atoms with van der Waals surface area (Å²) in [6.45, 7) is -0.0736. The van der Waals surface area contributed by atoms with Crippen LogP contribution in [0.25, 0.3) is 5.57 Å². The van der Waals surface area contributed by atoms with Crippen LogP contribution in [0.3, 0.4) is 0 Å². The predicted octanol–water partition coefficient (Wildman–Crippen LogP) is 3.35. The Morgan fingerprint density at radius 3 is 2.28 bits per heavy atom. The molecule has 4 nitrogen and oxygen atoms in total. The van der Waals surface area contributed by atoms with Crippen LogP contribution in [0.1, 0.15) is 44.1 Å². The lowest BCUT2D eigenvalue weighted by Gasteiger charge is -2.25. The Kier molecular flexibility index (Phi) is 5.91. The zero-order chi connectivity index (χ0) is 17.8. The number of hydrogen-bond acceptors (Lipinski definition) is 4. The number of halogens is 1. The first-order valence-corrected chi connectivity index (χ1v) is 9.74. The lowest BCUT2D eigenvalue weighted by Crippen LogP contribution is -2.40. The van der Waals surface area contributed by atoms with Crippen LogP contribution < -0.4 is 0 Å². The van der Waals surface area contributed by atoms with E-state index in [1.54, 1.807) is 0 Å². The minimum Gasteiger partial charge on any atom is -0.396 e. The van der Waals surface area contributed by atoms with Crippen molar-refractivity contribution < 1.29 is 19.1 Å². The summed E-state index contributed by atoms with van der Waals surface area (Å²) in [6, 6.07) is 5.59. The molecular weight excluding hydrogens is 341 g/mol. The number of hydrogen-bond donors (Lipinski definition) is 1. The van der Waals surface area contributed by atoms with E-state index >= 15 is 0 Å². The van der Waals surface area contributed by atoms with Crippen LogP contribution >= 0.6 is 11.8 Å². The number of carbonyl (C=O) groups is 2. The number of aliphatic hydroxyl groups is 1. The topological polar surface area (TPSA) is 57.6 Å². The van der Waals surface area contributed by atoms with Crippen LogP contribution in [-0.2, 0) is 9.59 Å². The highest BCUT2D eigenvalue weighted by molar-refractivity contribution is 8.04. The molecule has 1 aliphatic heterocycles.